The standard InChI is InChI=1S/C34H21N/c1-2-9-22(10-3-1)25-19-20-29-32(21-24-12-8-11-23-17-18-28(25)34(29)33(23)24)35-30-15-6-4-13-26(30)27-14-5-7-16-31(27)35/h1-21H. The molecule has 0 fully saturated rings. The topological polar surface area (TPSA) is 4.93 Å². The van der Waals surface area contributed by atoms with Gasteiger partial charge in [-0.2, -0.15) is 0 Å². The average molecular weight is 444 g/mol. The summed E-state index contributed by atoms with van der Waals surface area (Å²) < 4.78 is 2.45. The molecule has 0 radical (unpaired) electrons. The minimum atomic E-state index is 1.23. The highest BCUT2D eigenvalue weighted by Gasteiger charge is 2.18. The van der Waals surface area contributed by atoms with Crippen LogP contribution in [0.4, 0.5) is 0 Å². The van der Waals surface area contributed by atoms with Gasteiger partial charge in [0.25, 0.3) is 0 Å². The number of para-hydroxylation sites is 2. The number of fused-ring (bicyclic) bond motifs is 3. The lowest BCUT2D eigenvalue weighted by Gasteiger charge is -2.19. The lowest BCUT2D eigenvalue weighted by Crippen LogP contribution is -1.97. The molecule has 0 bridgehead atoms. The van der Waals surface area contributed by atoms with Gasteiger partial charge < -0.3 is 4.57 Å². The Kier molecular flexibility index (Phi) is 3.72. The van der Waals surface area contributed by atoms with Gasteiger partial charge in [0.2, 0.25) is 0 Å². The summed E-state index contributed by atoms with van der Waals surface area (Å²) in [6.45, 7) is 0. The van der Waals surface area contributed by atoms with Crippen molar-refractivity contribution in [2.45, 2.75) is 0 Å². The van der Waals surface area contributed by atoms with Gasteiger partial charge in [-0.3, -0.25) is 0 Å². The Balaban J connectivity index is 1.60. The van der Waals surface area contributed by atoms with Gasteiger partial charge in [0.15, 0.2) is 0 Å². The molecule has 0 atom stereocenters. The van der Waals surface area contributed by atoms with Gasteiger partial charge in [-0.25, -0.2) is 0 Å². The third kappa shape index (κ3) is 2.53. The van der Waals surface area contributed by atoms with E-state index in [-0.39, 0.29) is 0 Å². The van der Waals surface area contributed by atoms with Gasteiger partial charge in [-0.05, 0) is 50.9 Å². The van der Waals surface area contributed by atoms with Gasteiger partial charge in [-0.15, -0.1) is 0 Å². The molecule has 7 aromatic carbocycles. The van der Waals surface area contributed by atoms with Crippen molar-refractivity contribution in [1.29, 1.82) is 0 Å². The van der Waals surface area contributed by atoms with Crippen LogP contribution in [-0.4, -0.2) is 4.57 Å². The minimum Gasteiger partial charge on any atom is -0.309 e. The Morgan fingerprint density at radius 3 is 1.83 bits per heavy atom. The monoisotopic (exact) mass is 443 g/mol. The lowest BCUT2D eigenvalue weighted by molar-refractivity contribution is 1.20. The van der Waals surface area contributed by atoms with Crippen molar-refractivity contribution in [3.05, 3.63) is 127 Å². The van der Waals surface area contributed by atoms with Crippen LogP contribution in [0.15, 0.2) is 127 Å². The third-order valence-electron chi connectivity index (χ3n) is 7.53. The van der Waals surface area contributed by atoms with Crippen molar-refractivity contribution < 1.29 is 0 Å². The van der Waals surface area contributed by atoms with Crippen LogP contribution in [0.3, 0.4) is 0 Å². The van der Waals surface area contributed by atoms with Crippen LogP contribution in [0.5, 0.6) is 0 Å². The van der Waals surface area contributed by atoms with E-state index in [0.29, 0.717) is 0 Å². The predicted octanol–water partition coefficient (Wildman–Crippen LogP) is 9.35. The maximum absolute atomic E-state index is 2.45. The van der Waals surface area contributed by atoms with Crippen LogP contribution in [0.2, 0.25) is 0 Å². The first kappa shape index (κ1) is 18.8. The van der Waals surface area contributed by atoms with Crippen LogP contribution in [-0.2, 0) is 0 Å². The molecular weight excluding hydrogens is 422 g/mol. The fourth-order valence-electron chi connectivity index (χ4n) is 6.05. The van der Waals surface area contributed by atoms with E-state index in [2.05, 4.69) is 132 Å². The Labute approximate surface area is 202 Å². The van der Waals surface area contributed by atoms with E-state index >= 15 is 0 Å². The molecule has 162 valence electrons. The van der Waals surface area contributed by atoms with Crippen molar-refractivity contribution >= 4 is 54.1 Å². The molecule has 1 heterocycles. The maximum atomic E-state index is 2.45. The fourth-order valence-corrected chi connectivity index (χ4v) is 6.05. The second-order valence-electron chi connectivity index (χ2n) is 9.36. The lowest BCUT2D eigenvalue weighted by atomic mass is 9.89. The second-order valence-corrected chi connectivity index (χ2v) is 9.36. The molecule has 0 unspecified atom stereocenters. The molecule has 8 rings (SSSR count). The molecule has 1 heteroatoms. The molecule has 0 spiro atoms. The van der Waals surface area contributed by atoms with Crippen molar-refractivity contribution in [2.75, 3.05) is 0 Å². The summed E-state index contributed by atoms with van der Waals surface area (Å²) in [6, 6.07) is 46.5. The molecule has 8 aromatic rings. The van der Waals surface area contributed by atoms with E-state index in [1.807, 2.05) is 0 Å². The van der Waals surface area contributed by atoms with Crippen LogP contribution >= 0.6 is 0 Å². The zero-order chi connectivity index (χ0) is 22.9. The summed E-state index contributed by atoms with van der Waals surface area (Å²) in [6.07, 6.45) is 0. The molecule has 1 aromatic heterocycles. The molecule has 0 saturated heterocycles. The first-order valence-electron chi connectivity index (χ1n) is 12.1. The first-order chi connectivity index (χ1) is 17.4. The molecule has 0 saturated carbocycles. The van der Waals surface area contributed by atoms with E-state index in [4.69, 9.17) is 0 Å². The van der Waals surface area contributed by atoms with Crippen molar-refractivity contribution in [1.82, 2.24) is 4.57 Å². The highest BCUT2D eigenvalue weighted by atomic mass is 15.0. The van der Waals surface area contributed by atoms with E-state index in [1.165, 1.54) is 70.9 Å². The number of rotatable bonds is 2. The van der Waals surface area contributed by atoms with Gasteiger partial charge >= 0.3 is 0 Å². The first-order valence-corrected chi connectivity index (χ1v) is 12.1. The van der Waals surface area contributed by atoms with Crippen molar-refractivity contribution in [3.8, 4) is 16.8 Å². The predicted molar refractivity (Wildman–Crippen MR) is 150 cm³/mol. The summed E-state index contributed by atoms with van der Waals surface area (Å²) in [5, 5.41) is 10.4. The Morgan fingerprint density at radius 2 is 1.06 bits per heavy atom. The number of nitrogens with zero attached hydrogens (tertiary/aromatic N) is 1. The van der Waals surface area contributed by atoms with Gasteiger partial charge in [0.1, 0.15) is 0 Å². The van der Waals surface area contributed by atoms with E-state index in [9.17, 15) is 0 Å². The summed E-state index contributed by atoms with van der Waals surface area (Å²) in [5.74, 6) is 0. The normalized spacial score (nSPS) is 12.0. The fraction of sp³-hybridized carbons (Fsp3) is 0. The molecule has 0 aliphatic heterocycles. The Hall–Kier alpha value is -4.62. The minimum absolute atomic E-state index is 1.23. The smallest absolute Gasteiger partial charge is 0.0547 e. The largest absolute Gasteiger partial charge is 0.309 e. The molecule has 0 N–H and O–H groups in total. The summed E-state index contributed by atoms with van der Waals surface area (Å²) in [4.78, 5) is 0. The highest BCUT2D eigenvalue weighted by molar-refractivity contribution is 6.28. The number of hydrogen-bond donors (Lipinski definition) is 0. The van der Waals surface area contributed by atoms with Crippen LogP contribution in [0.25, 0.3) is 70.9 Å². The Morgan fingerprint density at radius 1 is 0.400 bits per heavy atom. The van der Waals surface area contributed by atoms with E-state index in [1.54, 1.807) is 0 Å². The van der Waals surface area contributed by atoms with Gasteiger partial charge in [-0.1, -0.05) is 109 Å². The number of aromatic nitrogens is 1. The quantitative estimate of drug-likeness (QED) is 0.235. The Bertz CT molecular complexity index is 1990. The van der Waals surface area contributed by atoms with Gasteiger partial charge in [0.05, 0.1) is 16.7 Å². The van der Waals surface area contributed by atoms with E-state index < -0.39 is 0 Å². The van der Waals surface area contributed by atoms with Crippen LogP contribution in [0.1, 0.15) is 0 Å². The SMILES string of the molecule is c1ccc(-c2ccc3c(-n4c5ccccc5c5ccccc54)cc4cccc5ccc2c3c54)cc1. The molecule has 0 aliphatic rings. The van der Waals surface area contributed by atoms with Crippen molar-refractivity contribution in [2.24, 2.45) is 0 Å². The molecule has 0 amide bonds. The summed E-state index contributed by atoms with van der Waals surface area (Å²) in [5.41, 5.74) is 6.25. The second kappa shape index (κ2) is 6.94. The average Bonchev–Trinajstić information content (AvgIpc) is 3.26. The highest BCUT2D eigenvalue weighted by Crippen LogP contribution is 2.43. The molecular formula is C34H21N. The van der Waals surface area contributed by atoms with E-state index in [0.717, 1.165) is 0 Å². The number of hydrogen-bond acceptors (Lipinski definition) is 0. The zero-order valence-electron chi connectivity index (χ0n) is 19.1. The third-order valence-corrected chi connectivity index (χ3v) is 7.53. The van der Waals surface area contributed by atoms with Crippen LogP contribution < -0.4 is 0 Å². The van der Waals surface area contributed by atoms with Crippen LogP contribution in [0, 0.1) is 0 Å². The maximum Gasteiger partial charge on any atom is 0.0547 e. The van der Waals surface area contributed by atoms with Crippen molar-refractivity contribution in [3.63, 3.8) is 0 Å². The van der Waals surface area contributed by atoms with Gasteiger partial charge in [0, 0.05) is 21.5 Å². The molecule has 35 heavy (non-hydrogen) atoms. The zero-order valence-corrected chi connectivity index (χ0v) is 19.1. The summed E-state index contributed by atoms with van der Waals surface area (Å²) >= 11 is 0. The number of benzene rings is 7. The molecule has 0 aliphatic carbocycles. The summed E-state index contributed by atoms with van der Waals surface area (Å²) in [7, 11) is 0. The molecule has 1 nitrogen and oxygen atoms in total.